The lowest BCUT2D eigenvalue weighted by molar-refractivity contribution is -0.135. The first kappa shape index (κ1) is 29.9. The molecule has 218 valence electrons. The molecule has 2 aromatic carbocycles. The van der Waals surface area contributed by atoms with Gasteiger partial charge in [-0.15, -0.1) is 11.3 Å². The summed E-state index contributed by atoms with van der Waals surface area (Å²) in [5, 5.41) is 6.60. The molecule has 11 heteroatoms. The molecule has 41 heavy (non-hydrogen) atoms. The SMILES string of the molecule is COc1cc2ccc1OCC(=O)N[C@@H](C)C(=O)N(C)CCCCN(C(=O)c1cc3ccccc3s1)CCCNC2=O. The third kappa shape index (κ3) is 7.75. The highest BCUT2D eigenvalue weighted by atomic mass is 32.1. The standard InChI is InChI=1S/C30H36N4O6S/c1-20-29(37)33(2)14-6-7-15-34(30(38)26-18-21-9-4-5-10-25(21)41-26)16-8-13-31-28(36)22-11-12-23(24(17-22)39-3)40-19-27(35)32-20/h4-5,9-12,17-18,20H,6-8,13-16,19H2,1-3H3,(H,31,36)(H,32,35)/t20-/m0/s1. The molecule has 0 spiro atoms. The lowest BCUT2D eigenvalue weighted by atomic mass is 10.2. The van der Waals surface area contributed by atoms with E-state index in [1.54, 1.807) is 37.1 Å². The first-order valence-corrected chi connectivity index (χ1v) is 14.5. The van der Waals surface area contributed by atoms with Crippen LogP contribution in [0.1, 0.15) is 46.2 Å². The van der Waals surface area contributed by atoms with Crippen LogP contribution >= 0.6 is 11.3 Å². The van der Waals surface area contributed by atoms with Crippen LogP contribution in [0.4, 0.5) is 0 Å². The largest absolute Gasteiger partial charge is 0.493 e. The summed E-state index contributed by atoms with van der Waals surface area (Å²) in [4.78, 5) is 55.7. The molecule has 4 amide bonds. The summed E-state index contributed by atoms with van der Waals surface area (Å²) in [6.45, 7) is 3.18. The summed E-state index contributed by atoms with van der Waals surface area (Å²) < 4.78 is 12.0. The van der Waals surface area contributed by atoms with Crippen molar-refractivity contribution in [3.8, 4) is 11.5 Å². The molecule has 1 aromatic heterocycles. The first-order valence-electron chi connectivity index (χ1n) is 13.7. The van der Waals surface area contributed by atoms with Crippen LogP contribution in [0.3, 0.4) is 0 Å². The van der Waals surface area contributed by atoms with Crippen molar-refractivity contribution in [2.75, 3.05) is 46.9 Å². The smallest absolute Gasteiger partial charge is 0.263 e. The number of likely N-dealkylation sites (N-methyl/N-ethyl adjacent to an activating group) is 1. The van der Waals surface area contributed by atoms with Crippen molar-refractivity contribution in [1.29, 1.82) is 0 Å². The Balaban J connectivity index is 1.50. The maximum Gasteiger partial charge on any atom is 0.263 e. The fourth-order valence-electron chi connectivity index (χ4n) is 4.64. The molecule has 10 nitrogen and oxygen atoms in total. The van der Waals surface area contributed by atoms with Crippen molar-refractivity contribution >= 4 is 45.1 Å². The van der Waals surface area contributed by atoms with Gasteiger partial charge in [-0.05, 0) is 61.9 Å². The average molecular weight is 581 g/mol. The molecule has 2 N–H and O–H groups in total. The van der Waals surface area contributed by atoms with Gasteiger partial charge in [0, 0.05) is 43.5 Å². The number of ether oxygens (including phenoxy) is 2. The fraction of sp³-hybridized carbons (Fsp3) is 0.400. The lowest BCUT2D eigenvalue weighted by Gasteiger charge is -2.24. The maximum atomic E-state index is 13.5. The molecule has 5 rings (SSSR count). The number of carbonyl (C=O) groups is 4. The van der Waals surface area contributed by atoms with Crippen LogP contribution in [-0.4, -0.2) is 86.4 Å². The molecule has 0 aliphatic carbocycles. The molecular weight excluding hydrogens is 544 g/mol. The summed E-state index contributed by atoms with van der Waals surface area (Å²) in [5.41, 5.74) is 0.380. The number of thiophene rings is 1. The van der Waals surface area contributed by atoms with Crippen LogP contribution in [-0.2, 0) is 9.59 Å². The minimum Gasteiger partial charge on any atom is -0.493 e. The summed E-state index contributed by atoms with van der Waals surface area (Å²) in [5.74, 6) is -0.386. The summed E-state index contributed by atoms with van der Waals surface area (Å²) in [7, 11) is 3.15. The second-order valence-electron chi connectivity index (χ2n) is 9.96. The molecule has 0 radical (unpaired) electrons. The van der Waals surface area contributed by atoms with E-state index in [0.717, 1.165) is 10.1 Å². The Hall–Kier alpha value is -4.12. The van der Waals surface area contributed by atoms with Crippen molar-refractivity contribution in [2.45, 2.75) is 32.2 Å². The summed E-state index contributed by atoms with van der Waals surface area (Å²) in [6.07, 6.45) is 1.96. The Morgan fingerprint density at radius 1 is 1.02 bits per heavy atom. The number of hydrogen-bond donors (Lipinski definition) is 2. The molecule has 0 saturated heterocycles. The minimum atomic E-state index is -0.732. The third-order valence-electron chi connectivity index (χ3n) is 6.89. The molecule has 0 fully saturated rings. The van der Waals surface area contributed by atoms with Gasteiger partial charge in [0.1, 0.15) is 6.04 Å². The molecule has 3 aromatic rings. The monoisotopic (exact) mass is 580 g/mol. The van der Waals surface area contributed by atoms with E-state index >= 15 is 0 Å². The van der Waals surface area contributed by atoms with E-state index in [4.69, 9.17) is 9.47 Å². The molecule has 0 saturated carbocycles. The highest BCUT2D eigenvalue weighted by Gasteiger charge is 2.22. The second-order valence-corrected chi connectivity index (χ2v) is 11.0. The van der Waals surface area contributed by atoms with Crippen LogP contribution < -0.4 is 20.1 Å². The zero-order chi connectivity index (χ0) is 29.4. The molecule has 0 unspecified atom stereocenters. The number of hydrogen-bond acceptors (Lipinski definition) is 7. The van der Waals surface area contributed by atoms with Crippen LogP contribution in [0, 0.1) is 0 Å². The molecule has 2 bridgehead atoms. The topological polar surface area (TPSA) is 117 Å². The number of nitrogens with one attached hydrogen (secondary N) is 2. The van der Waals surface area contributed by atoms with Gasteiger partial charge in [0.15, 0.2) is 18.1 Å². The third-order valence-corrected chi connectivity index (χ3v) is 8.00. The van der Waals surface area contributed by atoms with Crippen molar-refractivity contribution in [3.63, 3.8) is 0 Å². The zero-order valence-corrected chi connectivity index (χ0v) is 24.4. The molecule has 2 aliphatic heterocycles. The zero-order valence-electron chi connectivity index (χ0n) is 23.6. The van der Waals surface area contributed by atoms with E-state index in [2.05, 4.69) is 10.6 Å². The van der Waals surface area contributed by atoms with Crippen molar-refractivity contribution < 1.29 is 28.7 Å². The quantitative estimate of drug-likeness (QED) is 0.450. The molecule has 2 aliphatic rings. The van der Waals surface area contributed by atoms with E-state index in [-0.39, 0.29) is 24.3 Å². The predicted molar refractivity (Wildman–Crippen MR) is 158 cm³/mol. The first-order chi connectivity index (χ1) is 19.8. The Morgan fingerprint density at radius 3 is 2.56 bits per heavy atom. The van der Waals surface area contributed by atoms with Gasteiger partial charge in [0.05, 0.1) is 12.0 Å². The normalized spacial score (nSPS) is 18.3. The Labute approximate surface area is 243 Å². The number of rotatable bonds is 2. The van der Waals surface area contributed by atoms with Crippen LogP contribution in [0.5, 0.6) is 11.5 Å². The molecular formula is C30H36N4O6S. The van der Waals surface area contributed by atoms with Crippen LogP contribution in [0.2, 0.25) is 0 Å². The summed E-state index contributed by atoms with van der Waals surface area (Å²) in [6, 6.07) is 13.8. The fourth-order valence-corrected chi connectivity index (χ4v) is 5.67. The predicted octanol–water partition coefficient (Wildman–Crippen LogP) is 3.31. The van der Waals surface area contributed by atoms with Gasteiger partial charge < -0.3 is 29.9 Å². The number of carbonyl (C=O) groups excluding carboxylic acids is 4. The van der Waals surface area contributed by atoms with E-state index in [0.29, 0.717) is 67.4 Å². The van der Waals surface area contributed by atoms with Crippen LogP contribution in [0.15, 0.2) is 48.5 Å². The molecule has 3 heterocycles. The number of benzene rings is 2. The van der Waals surface area contributed by atoms with Gasteiger partial charge >= 0.3 is 0 Å². The summed E-state index contributed by atoms with van der Waals surface area (Å²) >= 11 is 1.47. The average Bonchev–Trinajstić information content (AvgIpc) is 3.42. The van der Waals surface area contributed by atoms with Gasteiger partial charge in [0.25, 0.3) is 17.7 Å². The Morgan fingerprint density at radius 2 is 1.78 bits per heavy atom. The van der Waals surface area contributed by atoms with E-state index < -0.39 is 11.9 Å². The van der Waals surface area contributed by atoms with E-state index in [1.165, 1.54) is 18.4 Å². The van der Waals surface area contributed by atoms with Crippen molar-refractivity contribution in [2.24, 2.45) is 0 Å². The van der Waals surface area contributed by atoms with Gasteiger partial charge in [-0.1, -0.05) is 18.2 Å². The van der Waals surface area contributed by atoms with E-state index in [1.807, 2.05) is 35.2 Å². The Bertz CT molecular complexity index is 1370. The lowest BCUT2D eigenvalue weighted by Crippen LogP contribution is -2.47. The minimum absolute atomic E-state index is 0.0444. The molecule has 1 atom stereocenters. The van der Waals surface area contributed by atoms with Gasteiger partial charge in [-0.3, -0.25) is 19.2 Å². The van der Waals surface area contributed by atoms with Crippen molar-refractivity contribution in [3.05, 3.63) is 59.0 Å². The van der Waals surface area contributed by atoms with Gasteiger partial charge in [-0.2, -0.15) is 0 Å². The number of methoxy groups -OCH3 is 1. The van der Waals surface area contributed by atoms with Gasteiger partial charge in [-0.25, -0.2) is 0 Å². The highest BCUT2D eigenvalue weighted by Crippen LogP contribution is 2.28. The number of amides is 4. The Kier molecular flexibility index (Phi) is 10.2. The van der Waals surface area contributed by atoms with E-state index in [9.17, 15) is 19.2 Å². The number of fused-ring (bicyclic) bond motifs is 19. The number of nitrogens with zero attached hydrogens (tertiary/aromatic N) is 2. The highest BCUT2D eigenvalue weighted by molar-refractivity contribution is 7.20. The van der Waals surface area contributed by atoms with Crippen LogP contribution in [0.25, 0.3) is 10.1 Å². The second kappa shape index (κ2) is 14.0. The maximum absolute atomic E-state index is 13.5. The van der Waals surface area contributed by atoms with Crippen molar-refractivity contribution in [1.82, 2.24) is 20.4 Å². The van der Waals surface area contributed by atoms with Gasteiger partial charge in [0.2, 0.25) is 5.91 Å².